The molecule has 0 atom stereocenters. The molecule has 0 bridgehead atoms. The summed E-state index contributed by atoms with van der Waals surface area (Å²) in [5.41, 5.74) is 2.61. The maximum atomic E-state index is 12.9. The number of hydrogen-bond acceptors (Lipinski definition) is 6. The van der Waals surface area contributed by atoms with Crippen molar-refractivity contribution >= 4 is 21.6 Å². The summed E-state index contributed by atoms with van der Waals surface area (Å²) in [5.74, 6) is -1.35. The lowest BCUT2D eigenvalue weighted by molar-refractivity contribution is 0.0942. The summed E-state index contributed by atoms with van der Waals surface area (Å²) >= 11 is 0. The lowest BCUT2D eigenvalue weighted by atomic mass is 10.1. The van der Waals surface area contributed by atoms with E-state index in [-0.39, 0.29) is 18.1 Å². The van der Waals surface area contributed by atoms with Gasteiger partial charge in [-0.25, -0.2) is 13.4 Å². The number of sulfonamides is 1. The minimum atomic E-state index is -3.52. The third kappa shape index (κ3) is 4.79. The Kier molecular flexibility index (Phi) is 6.66. The number of aromatic hydroxyl groups is 1. The number of carbonyl (C=O) groups excluding carboxylic acids is 1. The lowest BCUT2D eigenvalue weighted by Crippen LogP contribution is -2.38. The van der Waals surface area contributed by atoms with Crippen LogP contribution >= 0.6 is 0 Å². The molecule has 4 rings (SSSR count). The highest BCUT2D eigenvalue weighted by Gasteiger charge is 2.29. The molecule has 0 aliphatic carbocycles. The van der Waals surface area contributed by atoms with E-state index in [1.807, 2.05) is 32.0 Å². The molecule has 3 aromatic rings. The maximum Gasteiger partial charge on any atom is 0.296 e. The molecule has 0 unspecified atom stereocenters. The zero-order valence-electron chi connectivity index (χ0n) is 19.9. The van der Waals surface area contributed by atoms with E-state index >= 15 is 0 Å². The van der Waals surface area contributed by atoms with Crippen molar-refractivity contribution in [3.05, 3.63) is 75.2 Å². The third-order valence-corrected chi connectivity index (χ3v) is 8.12. The van der Waals surface area contributed by atoms with Crippen molar-refractivity contribution in [3.8, 4) is 17.1 Å². The summed E-state index contributed by atoms with van der Waals surface area (Å²) < 4.78 is 27.9. The van der Waals surface area contributed by atoms with Crippen LogP contribution in [-0.4, -0.2) is 41.3 Å². The van der Waals surface area contributed by atoms with Crippen molar-refractivity contribution in [2.45, 2.75) is 33.2 Å². The Labute approximate surface area is 204 Å². The van der Waals surface area contributed by atoms with Gasteiger partial charge in [0.15, 0.2) is 5.69 Å². The zero-order valence-corrected chi connectivity index (χ0v) is 20.7. The summed E-state index contributed by atoms with van der Waals surface area (Å²) in [7, 11) is -2.10. The number of nitrogens with one attached hydrogen (secondary N) is 1. The smallest absolute Gasteiger partial charge is 0.296 e. The van der Waals surface area contributed by atoms with E-state index in [9.17, 15) is 23.1 Å². The normalized spacial score (nSPS) is 15.1. The van der Waals surface area contributed by atoms with Gasteiger partial charge in [-0.3, -0.25) is 18.5 Å². The van der Waals surface area contributed by atoms with Crippen LogP contribution < -0.4 is 15.2 Å². The van der Waals surface area contributed by atoms with Gasteiger partial charge in [0.25, 0.3) is 11.5 Å². The Hall–Kier alpha value is -3.66. The summed E-state index contributed by atoms with van der Waals surface area (Å²) in [6.45, 7) is 4.47. The Balaban J connectivity index is 1.73. The van der Waals surface area contributed by atoms with Gasteiger partial charge < -0.3 is 10.4 Å². The van der Waals surface area contributed by atoms with Gasteiger partial charge in [-0.2, -0.15) is 0 Å². The molecule has 2 aromatic carbocycles. The molecule has 1 amide bonds. The van der Waals surface area contributed by atoms with Gasteiger partial charge >= 0.3 is 0 Å². The molecule has 1 aromatic heterocycles. The minimum absolute atomic E-state index is 0.0371. The maximum absolute atomic E-state index is 12.9. The molecule has 0 radical (unpaired) electrons. The average Bonchev–Trinajstić information content (AvgIpc) is 2.83. The lowest BCUT2D eigenvalue weighted by Gasteiger charge is -2.30. The third-order valence-electron chi connectivity index (χ3n) is 6.27. The van der Waals surface area contributed by atoms with E-state index in [0.29, 0.717) is 30.6 Å². The minimum Gasteiger partial charge on any atom is -0.501 e. The van der Waals surface area contributed by atoms with Gasteiger partial charge in [0.05, 0.1) is 11.4 Å². The molecule has 1 aliphatic heterocycles. The van der Waals surface area contributed by atoms with Crippen LogP contribution in [0.5, 0.6) is 5.75 Å². The number of rotatable bonds is 5. The van der Waals surface area contributed by atoms with Gasteiger partial charge in [0.1, 0.15) is 5.82 Å². The van der Waals surface area contributed by atoms with E-state index in [0.717, 1.165) is 21.3 Å². The quantitative estimate of drug-likeness (QED) is 0.560. The monoisotopic (exact) mass is 496 g/mol. The van der Waals surface area contributed by atoms with Gasteiger partial charge in [-0.05, 0) is 55.5 Å². The number of aromatic nitrogens is 2. The number of para-hydroxylation sites is 1. The van der Waals surface area contributed by atoms with Crippen molar-refractivity contribution in [3.63, 3.8) is 0 Å². The first-order chi connectivity index (χ1) is 16.6. The van der Waals surface area contributed by atoms with Crippen LogP contribution in [0.4, 0.5) is 5.69 Å². The SMILES string of the molecule is Cc1ccc(CNC(=O)c2nc(-c3ccccc3N3CCCCS3(=O)=O)n(C)c(=O)c2O)cc1C. The average molecular weight is 497 g/mol. The molecular formula is C25H28N4O5S. The number of aryl methyl sites for hydroxylation is 2. The van der Waals surface area contributed by atoms with Crippen molar-refractivity contribution < 1.29 is 18.3 Å². The van der Waals surface area contributed by atoms with Crippen molar-refractivity contribution in [1.82, 2.24) is 14.9 Å². The first-order valence-corrected chi connectivity index (χ1v) is 12.9. The molecule has 10 heteroatoms. The Morgan fingerprint density at radius 1 is 1.11 bits per heavy atom. The van der Waals surface area contributed by atoms with Crippen LogP contribution in [0, 0.1) is 13.8 Å². The molecule has 1 saturated heterocycles. The first-order valence-electron chi connectivity index (χ1n) is 11.3. The van der Waals surface area contributed by atoms with Gasteiger partial charge in [0, 0.05) is 25.7 Å². The predicted octanol–water partition coefficient (Wildman–Crippen LogP) is 2.63. The van der Waals surface area contributed by atoms with E-state index in [4.69, 9.17) is 0 Å². The molecule has 0 spiro atoms. The van der Waals surface area contributed by atoms with E-state index in [2.05, 4.69) is 10.3 Å². The number of amides is 1. The standard InChI is InChI=1S/C25H28N4O5S/c1-16-10-11-18(14-17(16)2)15-26-24(31)21-22(30)25(32)28(3)23(27-21)19-8-4-5-9-20(19)29-12-6-7-13-35(29,33)34/h4-5,8-11,14,30H,6-7,12-13,15H2,1-3H3,(H,26,31). The molecule has 2 N–H and O–H groups in total. The second-order valence-electron chi connectivity index (χ2n) is 8.71. The predicted molar refractivity (Wildman–Crippen MR) is 134 cm³/mol. The molecule has 0 saturated carbocycles. The Morgan fingerprint density at radius 3 is 2.57 bits per heavy atom. The van der Waals surface area contributed by atoms with Gasteiger partial charge in [-0.1, -0.05) is 30.3 Å². The van der Waals surface area contributed by atoms with E-state index < -0.39 is 32.9 Å². The molecule has 184 valence electrons. The molecule has 1 aliphatic rings. The van der Waals surface area contributed by atoms with Crippen LogP contribution in [0.3, 0.4) is 0 Å². The summed E-state index contributed by atoms with van der Waals surface area (Å²) in [4.78, 5) is 30.1. The van der Waals surface area contributed by atoms with Crippen LogP contribution in [0.15, 0.2) is 47.3 Å². The molecule has 1 fully saturated rings. The molecule has 9 nitrogen and oxygen atoms in total. The fraction of sp³-hybridized carbons (Fsp3) is 0.320. The van der Waals surface area contributed by atoms with Crippen LogP contribution in [0.25, 0.3) is 11.4 Å². The number of nitrogens with zero attached hydrogens (tertiary/aromatic N) is 3. The highest BCUT2D eigenvalue weighted by atomic mass is 32.2. The second kappa shape index (κ2) is 9.53. The number of hydrogen-bond donors (Lipinski definition) is 2. The Morgan fingerprint density at radius 2 is 1.86 bits per heavy atom. The van der Waals surface area contributed by atoms with Gasteiger partial charge in [0.2, 0.25) is 15.8 Å². The highest BCUT2D eigenvalue weighted by Crippen LogP contribution is 2.33. The molecule has 2 heterocycles. The fourth-order valence-corrected chi connectivity index (χ4v) is 5.76. The Bertz CT molecular complexity index is 1460. The fourth-order valence-electron chi connectivity index (χ4n) is 4.11. The number of anilines is 1. The summed E-state index contributed by atoms with van der Waals surface area (Å²) in [6, 6.07) is 12.5. The van der Waals surface area contributed by atoms with E-state index in [1.54, 1.807) is 24.3 Å². The second-order valence-corrected chi connectivity index (χ2v) is 10.7. The van der Waals surface area contributed by atoms with E-state index in [1.165, 1.54) is 11.4 Å². The van der Waals surface area contributed by atoms with Gasteiger partial charge in [-0.15, -0.1) is 0 Å². The summed E-state index contributed by atoms with van der Waals surface area (Å²) in [6.07, 6.45) is 1.30. The number of carbonyl (C=O) groups is 1. The van der Waals surface area contributed by atoms with Crippen LogP contribution in [-0.2, 0) is 23.6 Å². The van der Waals surface area contributed by atoms with Crippen LogP contribution in [0.2, 0.25) is 0 Å². The van der Waals surface area contributed by atoms with Crippen molar-refractivity contribution in [1.29, 1.82) is 0 Å². The van der Waals surface area contributed by atoms with Crippen molar-refractivity contribution in [2.24, 2.45) is 7.05 Å². The summed E-state index contributed by atoms with van der Waals surface area (Å²) in [5, 5.41) is 13.1. The molecule has 35 heavy (non-hydrogen) atoms. The van der Waals surface area contributed by atoms with Crippen LogP contribution in [0.1, 0.15) is 40.0 Å². The van der Waals surface area contributed by atoms with Crippen molar-refractivity contribution in [2.75, 3.05) is 16.6 Å². The number of benzene rings is 2. The first kappa shape index (κ1) is 24.5. The zero-order chi connectivity index (χ0) is 25.3. The topological polar surface area (TPSA) is 122 Å². The highest BCUT2D eigenvalue weighted by molar-refractivity contribution is 7.92. The largest absolute Gasteiger partial charge is 0.501 e. The molecular weight excluding hydrogens is 468 g/mol.